The molecule has 0 bridgehead atoms. The second-order valence-corrected chi connectivity index (χ2v) is 7.44. The molecule has 1 aromatic rings. The quantitative estimate of drug-likeness (QED) is 0.512. The zero-order chi connectivity index (χ0) is 19.9. The molecule has 1 aromatic carbocycles. The van der Waals surface area contributed by atoms with E-state index in [1.807, 2.05) is 0 Å². The first-order valence-electron chi connectivity index (χ1n) is 10.0. The Morgan fingerprint density at radius 2 is 1.86 bits per heavy atom. The molecule has 3 N–H and O–H groups in total. The molecule has 1 saturated heterocycles. The van der Waals surface area contributed by atoms with Crippen molar-refractivity contribution in [2.75, 3.05) is 31.6 Å². The first-order valence-corrected chi connectivity index (χ1v) is 10.0. The molecule has 0 spiro atoms. The number of aliphatic imine (C=N–C) groups is 1. The summed E-state index contributed by atoms with van der Waals surface area (Å²) in [4.78, 5) is 17.9. The molecule has 2 fully saturated rings. The van der Waals surface area contributed by atoms with E-state index in [0.29, 0.717) is 38.1 Å². The van der Waals surface area contributed by atoms with E-state index in [-0.39, 0.29) is 17.6 Å². The van der Waals surface area contributed by atoms with Gasteiger partial charge in [-0.15, -0.1) is 0 Å². The number of hydrogen-bond acceptors (Lipinski definition) is 3. The molecule has 1 saturated carbocycles. The number of carbonyl (C=O) groups excluding carboxylic acids is 1. The van der Waals surface area contributed by atoms with Crippen LogP contribution in [0.15, 0.2) is 23.2 Å². The van der Waals surface area contributed by atoms with Crippen molar-refractivity contribution in [3.63, 3.8) is 0 Å². The number of nitrogens with one attached hydrogen (secondary N) is 3. The van der Waals surface area contributed by atoms with Crippen molar-refractivity contribution < 1.29 is 13.6 Å². The number of hydrogen-bond donors (Lipinski definition) is 3. The summed E-state index contributed by atoms with van der Waals surface area (Å²) in [5, 5.41) is 9.47. The summed E-state index contributed by atoms with van der Waals surface area (Å²) in [7, 11) is 1.66. The zero-order valence-electron chi connectivity index (χ0n) is 16.3. The second kappa shape index (κ2) is 9.71. The fourth-order valence-electron chi connectivity index (χ4n) is 3.92. The number of carbonyl (C=O) groups is 1. The van der Waals surface area contributed by atoms with Gasteiger partial charge in [-0.25, -0.2) is 8.78 Å². The summed E-state index contributed by atoms with van der Waals surface area (Å²) in [5.74, 6) is -0.445. The maximum Gasteiger partial charge on any atom is 0.221 e. The Bertz CT molecular complexity index is 686. The highest BCUT2D eigenvalue weighted by Crippen LogP contribution is 2.26. The predicted octanol–water partition coefficient (Wildman–Crippen LogP) is 2.16. The van der Waals surface area contributed by atoms with E-state index in [1.165, 1.54) is 31.0 Å². The van der Waals surface area contributed by atoms with E-state index in [0.717, 1.165) is 19.3 Å². The van der Waals surface area contributed by atoms with Crippen LogP contribution in [-0.2, 0) is 4.79 Å². The Balaban J connectivity index is 1.42. The van der Waals surface area contributed by atoms with Gasteiger partial charge < -0.3 is 20.9 Å². The van der Waals surface area contributed by atoms with Crippen LogP contribution in [0.4, 0.5) is 14.5 Å². The Labute approximate surface area is 164 Å². The SMILES string of the molecule is CN=C(NCCC(=O)NC1CCCC1)NC1CCN(c2c(F)cccc2F)C1. The van der Waals surface area contributed by atoms with Gasteiger partial charge in [0.1, 0.15) is 17.3 Å². The van der Waals surface area contributed by atoms with Gasteiger partial charge in [0.25, 0.3) is 0 Å². The topological polar surface area (TPSA) is 68.8 Å². The normalized spacial score (nSPS) is 20.5. The van der Waals surface area contributed by atoms with Crippen molar-refractivity contribution in [3.05, 3.63) is 29.8 Å². The Kier molecular flexibility index (Phi) is 7.06. The molecular formula is C20H29F2N5O. The molecule has 3 rings (SSSR count). The van der Waals surface area contributed by atoms with Gasteiger partial charge in [0.15, 0.2) is 5.96 Å². The zero-order valence-corrected chi connectivity index (χ0v) is 16.3. The second-order valence-electron chi connectivity index (χ2n) is 7.44. The minimum absolute atomic E-state index is 0.0255. The molecule has 6 nitrogen and oxygen atoms in total. The standard InChI is InChI=1S/C20H29F2N5O/c1-23-20(24-11-9-18(28)25-14-5-2-3-6-14)26-15-10-12-27(13-15)19-16(21)7-4-8-17(19)22/h4,7-8,14-15H,2-3,5-6,9-13H2,1H3,(H,25,28)(H2,23,24,26). The molecular weight excluding hydrogens is 364 g/mol. The van der Waals surface area contributed by atoms with Crippen LogP contribution in [0.2, 0.25) is 0 Å². The van der Waals surface area contributed by atoms with Crippen LogP contribution in [0.3, 0.4) is 0 Å². The predicted molar refractivity (Wildman–Crippen MR) is 106 cm³/mol. The van der Waals surface area contributed by atoms with Gasteiger partial charge in [-0.2, -0.15) is 0 Å². The largest absolute Gasteiger partial charge is 0.365 e. The van der Waals surface area contributed by atoms with Crippen LogP contribution in [0.5, 0.6) is 0 Å². The van der Waals surface area contributed by atoms with Crippen LogP contribution >= 0.6 is 0 Å². The molecule has 1 atom stereocenters. The van der Waals surface area contributed by atoms with Gasteiger partial charge in [-0.3, -0.25) is 9.79 Å². The minimum atomic E-state index is -0.545. The van der Waals surface area contributed by atoms with Gasteiger partial charge >= 0.3 is 0 Å². The molecule has 0 radical (unpaired) electrons. The van der Waals surface area contributed by atoms with Gasteiger partial charge in [0.2, 0.25) is 5.91 Å². The third-order valence-electron chi connectivity index (χ3n) is 5.37. The molecule has 1 heterocycles. The van der Waals surface area contributed by atoms with Gasteiger partial charge in [-0.1, -0.05) is 18.9 Å². The fourth-order valence-corrected chi connectivity index (χ4v) is 3.92. The average molecular weight is 393 g/mol. The van der Waals surface area contributed by atoms with Crippen molar-refractivity contribution in [3.8, 4) is 0 Å². The van der Waals surface area contributed by atoms with Crippen LogP contribution in [0.25, 0.3) is 0 Å². The lowest BCUT2D eigenvalue weighted by molar-refractivity contribution is -0.121. The first-order chi connectivity index (χ1) is 13.6. The average Bonchev–Trinajstić information content (AvgIpc) is 3.33. The summed E-state index contributed by atoms with van der Waals surface area (Å²) in [6.45, 7) is 1.54. The number of guanidine groups is 1. The third-order valence-corrected chi connectivity index (χ3v) is 5.37. The van der Waals surface area contributed by atoms with Gasteiger partial charge in [-0.05, 0) is 31.4 Å². The smallest absolute Gasteiger partial charge is 0.221 e. The van der Waals surface area contributed by atoms with E-state index < -0.39 is 11.6 Å². The number of para-hydroxylation sites is 1. The number of halogens is 2. The molecule has 1 aliphatic carbocycles. The summed E-state index contributed by atoms with van der Waals surface area (Å²) < 4.78 is 27.9. The van der Waals surface area contributed by atoms with Gasteiger partial charge in [0, 0.05) is 45.2 Å². The van der Waals surface area contributed by atoms with Crippen molar-refractivity contribution >= 4 is 17.6 Å². The lowest BCUT2D eigenvalue weighted by Gasteiger charge is -2.21. The third kappa shape index (κ3) is 5.33. The lowest BCUT2D eigenvalue weighted by Crippen LogP contribution is -2.45. The number of benzene rings is 1. The van der Waals surface area contributed by atoms with Crippen LogP contribution in [0.1, 0.15) is 38.5 Å². The number of anilines is 1. The van der Waals surface area contributed by atoms with Crippen LogP contribution in [0, 0.1) is 11.6 Å². The molecule has 1 unspecified atom stereocenters. The molecule has 0 aromatic heterocycles. The van der Waals surface area contributed by atoms with Crippen LogP contribution in [-0.4, -0.2) is 50.6 Å². The summed E-state index contributed by atoms with van der Waals surface area (Å²) in [5.41, 5.74) is 0.0262. The van der Waals surface area contributed by atoms with E-state index in [2.05, 4.69) is 20.9 Å². The molecule has 28 heavy (non-hydrogen) atoms. The van der Waals surface area contributed by atoms with E-state index in [4.69, 9.17) is 0 Å². The van der Waals surface area contributed by atoms with Crippen LogP contribution < -0.4 is 20.9 Å². The maximum absolute atomic E-state index is 14.0. The lowest BCUT2D eigenvalue weighted by atomic mass is 10.2. The summed E-state index contributed by atoms with van der Waals surface area (Å²) in [6, 6.07) is 4.27. The van der Waals surface area contributed by atoms with E-state index in [1.54, 1.807) is 11.9 Å². The molecule has 8 heteroatoms. The van der Waals surface area contributed by atoms with Crippen molar-refractivity contribution in [2.45, 2.75) is 50.6 Å². The van der Waals surface area contributed by atoms with Crippen molar-refractivity contribution in [1.82, 2.24) is 16.0 Å². The van der Waals surface area contributed by atoms with Crippen molar-refractivity contribution in [2.24, 2.45) is 4.99 Å². The van der Waals surface area contributed by atoms with Crippen molar-refractivity contribution in [1.29, 1.82) is 0 Å². The highest BCUT2D eigenvalue weighted by molar-refractivity contribution is 5.81. The molecule has 2 aliphatic rings. The Hall–Kier alpha value is -2.38. The van der Waals surface area contributed by atoms with Gasteiger partial charge in [0.05, 0.1) is 0 Å². The van der Waals surface area contributed by atoms with E-state index >= 15 is 0 Å². The maximum atomic E-state index is 14.0. The summed E-state index contributed by atoms with van der Waals surface area (Å²) >= 11 is 0. The van der Waals surface area contributed by atoms with E-state index in [9.17, 15) is 13.6 Å². The molecule has 154 valence electrons. The number of amides is 1. The summed E-state index contributed by atoms with van der Waals surface area (Å²) in [6.07, 6.45) is 5.65. The Morgan fingerprint density at radius 1 is 1.14 bits per heavy atom. The number of nitrogens with zero attached hydrogens (tertiary/aromatic N) is 2. The molecule has 1 aliphatic heterocycles. The highest BCUT2D eigenvalue weighted by Gasteiger charge is 2.27. The minimum Gasteiger partial charge on any atom is -0.365 e. The Morgan fingerprint density at radius 3 is 2.54 bits per heavy atom. The molecule has 1 amide bonds. The monoisotopic (exact) mass is 393 g/mol. The highest BCUT2D eigenvalue weighted by atomic mass is 19.1. The first kappa shape index (κ1) is 20.4. The fraction of sp³-hybridized carbons (Fsp3) is 0.600. The number of rotatable bonds is 6.